The third-order valence-corrected chi connectivity index (χ3v) is 9.00. The van der Waals surface area contributed by atoms with Gasteiger partial charge in [0.05, 0.1) is 39.9 Å². The Bertz CT molecular complexity index is 743. The van der Waals surface area contributed by atoms with Crippen molar-refractivity contribution in [1.29, 1.82) is 0 Å². The number of phosphoric acid groups is 1. The third-order valence-electron chi connectivity index (χ3n) is 8.01. The summed E-state index contributed by atoms with van der Waals surface area (Å²) in [6.45, 7) is 4.80. The molecule has 3 unspecified atom stereocenters. The van der Waals surface area contributed by atoms with E-state index in [0.29, 0.717) is 23.9 Å². The molecule has 8 nitrogen and oxygen atoms in total. The number of carbonyl (C=O) groups is 1. The highest BCUT2D eigenvalue weighted by Gasteiger charge is 2.28. The number of aliphatic hydroxyl groups excluding tert-OH is 1. The van der Waals surface area contributed by atoms with E-state index in [4.69, 9.17) is 9.05 Å². The Kier molecular flexibility index (Phi) is 28.0. The minimum atomic E-state index is -4.29. The molecule has 0 aliphatic carbocycles. The molecule has 0 spiro atoms. The van der Waals surface area contributed by atoms with Crippen molar-refractivity contribution in [3.8, 4) is 0 Å². The zero-order chi connectivity index (χ0) is 32.9. The summed E-state index contributed by atoms with van der Waals surface area (Å²) in [6.07, 6.45) is 28.2. The van der Waals surface area contributed by atoms with Crippen molar-refractivity contribution in [1.82, 2.24) is 5.32 Å². The van der Waals surface area contributed by atoms with E-state index < -0.39 is 20.0 Å². The maximum atomic E-state index is 12.7. The number of hydrogen-bond acceptors (Lipinski definition) is 5. The van der Waals surface area contributed by atoms with Crippen molar-refractivity contribution in [2.24, 2.45) is 0 Å². The van der Waals surface area contributed by atoms with Gasteiger partial charge in [0.15, 0.2) is 0 Å². The zero-order valence-electron chi connectivity index (χ0n) is 29.4. The third kappa shape index (κ3) is 29.9. The molecule has 3 N–H and O–H groups in total. The molecule has 0 bridgehead atoms. The number of unbranched alkanes of at least 4 members (excludes halogenated alkanes) is 17. The Labute approximate surface area is 272 Å². The van der Waals surface area contributed by atoms with Gasteiger partial charge in [-0.15, -0.1) is 0 Å². The van der Waals surface area contributed by atoms with Gasteiger partial charge >= 0.3 is 7.82 Å². The second kappa shape index (κ2) is 28.5. The van der Waals surface area contributed by atoms with Crippen molar-refractivity contribution in [2.75, 3.05) is 40.9 Å². The van der Waals surface area contributed by atoms with Gasteiger partial charge in [-0.05, 0) is 38.5 Å². The Morgan fingerprint density at radius 3 is 1.75 bits per heavy atom. The highest BCUT2D eigenvalue weighted by atomic mass is 31.2. The molecule has 9 heteroatoms. The largest absolute Gasteiger partial charge is 0.472 e. The lowest BCUT2D eigenvalue weighted by Crippen LogP contribution is -2.46. The van der Waals surface area contributed by atoms with Crippen LogP contribution >= 0.6 is 7.82 Å². The lowest BCUT2D eigenvalue weighted by molar-refractivity contribution is -0.870. The smallest absolute Gasteiger partial charge is 0.391 e. The molecule has 0 aliphatic rings. The molecule has 3 atom stereocenters. The molecule has 262 valence electrons. The maximum Gasteiger partial charge on any atom is 0.472 e. The average Bonchev–Trinajstić information content (AvgIpc) is 2.95. The summed E-state index contributed by atoms with van der Waals surface area (Å²) >= 11 is 0. The van der Waals surface area contributed by atoms with Crippen LogP contribution in [0.5, 0.6) is 0 Å². The number of phosphoric ester groups is 1. The Balaban J connectivity index is 4.41. The minimum absolute atomic E-state index is 0.0738. The van der Waals surface area contributed by atoms with Gasteiger partial charge < -0.3 is 19.8 Å². The van der Waals surface area contributed by atoms with Crippen LogP contribution in [0.25, 0.3) is 0 Å². The van der Waals surface area contributed by atoms with E-state index in [1.165, 1.54) is 77.0 Å². The first-order valence-corrected chi connectivity index (χ1v) is 19.5. The summed E-state index contributed by atoms with van der Waals surface area (Å²) in [5.74, 6) is -0.159. The molecule has 0 heterocycles. The summed E-state index contributed by atoms with van der Waals surface area (Å²) in [5, 5.41) is 13.7. The van der Waals surface area contributed by atoms with Crippen LogP contribution in [0, 0.1) is 0 Å². The van der Waals surface area contributed by atoms with Gasteiger partial charge in [-0.1, -0.05) is 122 Å². The van der Waals surface area contributed by atoms with E-state index >= 15 is 0 Å². The number of hydrogen-bond donors (Lipinski definition) is 3. The van der Waals surface area contributed by atoms with Crippen molar-refractivity contribution >= 4 is 13.7 Å². The standard InChI is InChI=1S/C35H71N2O6P/c1-6-8-10-12-14-15-16-17-18-19-20-21-23-25-27-29-35(39)36-33(34(38)28-26-24-22-13-11-9-7-2)32-43-44(40,41)42-31-30-37(3,4)5/h17-18,33-34,38H,6-16,19-32H2,1-5H3,(H-,36,39,40,41)/p+1/b18-17-. The number of allylic oxidation sites excluding steroid dienone is 2. The predicted octanol–water partition coefficient (Wildman–Crippen LogP) is 8.85. The van der Waals surface area contributed by atoms with Crippen molar-refractivity contribution in [3.05, 3.63) is 12.2 Å². The molecule has 44 heavy (non-hydrogen) atoms. The van der Waals surface area contributed by atoms with Crippen LogP contribution in [0.1, 0.15) is 155 Å². The van der Waals surface area contributed by atoms with Gasteiger partial charge in [0.2, 0.25) is 5.91 Å². The van der Waals surface area contributed by atoms with Gasteiger partial charge in [0.25, 0.3) is 0 Å². The first-order chi connectivity index (χ1) is 21.0. The summed E-state index contributed by atoms with van der Waals surface area (Å²) in [4.78, 5) is 22.9. The van der Waals surface area contributed by atoms with Gasteiger partial charge in [0.1, 0.15) is 13.2 Å². The summed E-state index contributed by atoms with van der Waals surface area (Å²) in [6, 6.07) is -0.756. The van der Waals surface area contributed by atoms with Crippen LogP contribution in [0.4, 0.5) is 0 Å². The number of likely N-dealkylation sites (N-methyl/N-ethyl adjacent to an activating group) is 1. The summed E-state index contributed by atoms with van der Waals surface area (Å²) in [5.41, 5.74) is 0. The van der Waals surface area contributed by atoms with Crippen LogP contribution in [-0.4, -0.2) is 73.4 Å². The molecule has 0 saturated heterocycles. The Hall–Kier alpha value is -0.760. The summed E-state index contributed by atoms with van der Waals surface area (Å²) in [7, 11) is 1.61. The monoisotopic (exact) mass is 648 g/mol. The molecule has 0 aliphatic heterocycles. The summed E-state index contributed by atoms with van der Waals surface area (Å²) < 4.78 is 23.4. The van der Waals surface area contributed by atoms with Crippen LogP contribution in [0.2, 0.25) is 0 Å². The van der Waals surface area contributed by atoms with E-state index in [1.807, 2.05) is 21.1 Å². The van der Waals surface area contributed by atoms with E-state index in [0.717, 1.165) is 51.4 Å². The SMILES string of the molecule is CCCCCCCC/C=C\CCCCCCCC(=O)NC(COP(=O)(O)OCC[N+](C)(C)C)C(O)CCCCCCCCC. The number of aliphatic hydroxyl groups is 1. The molecule has 0 saturated carbocycles. The van der Waals surface area contributed by atoms with Crippen molar-refractivity contribution in [2.45, 2.75) is 167 Å². The van der Waals surface area contributed by atoms with E-state index in [9.17, 15) is 19.4 Å². The highest BCUT2D eigenvalue weighted by Crippen LogP contribution is 2.43. The minimum Gasteiger partial charge on any atom is -0.391 e. The number of nitrogens with zero attached hydrogens (tertiary/aromatic N) is 1. The molecule has 1 amide bonds. The molecular weight excluding hydrogens is 575 g/mol. The molecule has 0 fully saturated rings. The number of nitrogens with one attached hydrogen (secondary N) is 1. The highest BCUT2D eigenvalue weighted by molar-refractivity contribution is 7.47. The topological polar surface area (TPSA) is 105 Å². The normalized spacial score (nSPS) is 15.0. The van der Waals surface area contributed by atoms with Crippen molar-refractivity contribution < 1.29 is 32.9 Å². The van der Waals surface area contributed by atoms with Gasteiger partial charge in [-0.2, -0.15) is 0 Å². The Morgan fingerprint density at radius 1 is 0.750 bits per heavy atom. The van der Waals surface area contributed by atoms with Crippen LogP contribution in [-0.2, 0) is 18.4 Å². The molecule has 0 aromatic carbocycles. The van der Waals surface area contributed by atoms with Gasteiger partial charge in [0, 0.05) is 6.42 Å². The fraction of sp³-hybridized carbons (Fsp3) is 0.914. The fourth-order valence-electron chi connectivity index (χ4n) is 5.04. The number of rotatable bonds is 32. The molecule has 0 aromatic heterocycles. The number of carbonyl (C=O) groups excluding carboxylic acids is 1. The fourth-order valence-corrected chi connectivity index (χ4v) is 5.77. The second-order valence-corrected chi connectivity index (χ2v) is 15.1. The van der Waals surface area contributed by atoms with Crippen LogP contribution in [0.3, 0.4) is 0 Å². The average molecular weight is 648 g/mol. The molecule has 0 aromatic rings. The maximum absolute atomic E-state index is 12.7. The van der Waals surface area contributed by atoms with E-state index in [1.54, 1.807) is 0 Å². The quantitative estimate of drug-likeness (QED) is 0.0292. The molecule has 0 radical (unpaired) electrons. The zero-order valence-corrected chi connectivity index (χ0v) is 30.3. The van der Waals surface area contributed by atoms with E-state index in [2.05, 4.69) is 31.3 Å². The number of amides is 1. The van der Waals surface area contributed by atoms with E-state index in [-0.39, 0.29) is 19.1 Å². The molecule has 0 rings (SSSR count). The van der Waals surface area contributed by atoms with Crippen LogP contribution < -0.4 is 5.32 Å². The first-order valence-electron chi connectivity index (χ1n) is 18.1. The second-order valence-electron chi connectivity index (χ2n) is 13.6. The van der Waals surface area contributed by atoms with Crippen LogP contribution in [0.15, 0.2) is 12.2 Å². The predicted molar refractivity (Wildman–Crippen MR) is 185 cm³/mol. The lowest BCUT2D eigenvalue weighted by Gasteiger charge is -2.26. The van der Waals surface area contributed by atoms with Gasteiger partial charge in [-0.25, -0.2) is 4.57 Å². The number of quaternary nitrogens is 1. The van der Waals surface area contributed by atoms with Crippen molar-refractivity contribution in [3.63, 3.8) is 0 Å². The Morgan fingerprint density at radius 2 is 1.23 bits per heavy atom. The molecular formula is C35H72N2O6P+. The lowest BCUT2D eigenvalue weighted by atomic mass is 10.0. The van der Waals surface area contributed by atoms with Gasteiger partial charge in [-0.3, -0.25) is 13.8 Å². The first kappa shape index (κ1) is 43.2.